The van der Waals surface area contributed by atoms with E-state index in [1.165, 1.54) is 12.1 Å². The van der Waals surface area contributed by atoms with E-state index in [-0.39, 0.29) is 16.5 Å². The minimum Gasteiger partial charge on any atom is -0.466 e. The first kappa shape index (κ1) is 24.8. The lowest BCUT2D eigenvalue weighted by Gasteiger charge is -2.35. The largest absolute Gasteiger partial charge is 0.466 e. The molecule has 0 saturated heterocycles. The third-order valence-electron chi connectivity index (χ3n) is 5.15. The summed E-state index contributed by atoms with van der Waals surface area (Å²) in [5.41, 5.74) is 1.74. The van der Waals surface area contributed by atoms with Crippen LogP contribution in [0.15, 0.2) is 59.1 Å². The van der Waals surface area contributed by atoms with E-state index in [9.17, 15) is 33.7 Å². The normalized spacial score (nSPS) is 15.5. The molecule has 10 nitrogen and oxygen atoms in total. The minimum absolute atomic E-state index is 0.0725. The van der Waals surface area contributed by atoms with Crippen molar-refractivity contribution >= 4 is 23.3 Å². The Morgan fingerprint density at radius 2 is 1.71 bits per heavy atom. The average Bonchev–Trinajstić information content (AvgIpc) is 2.86. The molecule has 1 unspecified atom stereocenters. The summed E-state index contributed by atoms with van der Waals surface area (Å²) in [6.45, 7) is 0. The van der Waals surface area contributed by atoms with E-state index in [2.05, 4.69) is 0 Å². The third-order valence-corrected chi connectivity index (χ3v) is 5.15. The number of nitriles is 1. The number of rotatable bonds is 5. The van der Waals surface area contributed by atoms with Crippen molar-refractivity contribution in [2.45, 2.75) is 5.92 Å². The lowest BCUT2D eigenvalue weighted by Crippen LogP contribution is -2.41. The summed E-state index contributed by atoms with van der Waals surface area (Å²) in [6.07, 6.45) is 0. The van der Waals surface area contributed by atoms with Crippen molar-refractivity contribution in [2.24, 2.45) is 5.73 Å². The summed E-state index contributed by atoms with van der Waals surface area (Å²) in [4.78, 5) is 36.4. The molecule has 1 aliphatic heterocycles. The molecule has 1 aliphatic rings. The van der Waals surface area contributed by atoms with Gasteiger partial charge in [0.15, 0.2) is 23.1 Å². The number of hydrogen-bond acceptors (Lipinski definition) is 9. The maximum Gasteiger partial charge on any atom is 0.355 e. The molecule has 3 rings (SSSR count). The van der Waals surface area contributed by atoms with Gasteiger partial charge in [0.1, 0.15) is 11.5 Å². The van der Waals surface area contributed by atoms with E-state index in [0.717, 1.165) is 14.2 Å². The molecule has 0 aliphatic carbocycles. The van der Waals surface area contributed by atoms with Gasteiger partial charge in [0.2, 0.25) is 0 Å². The molecule has 35 heavy (non-hydrogen) atoms. The van der Waals surface area contributed by atoms with E-state index in [0.29, 0.717) is 0 Å². The monoisotopic (exact) mass is 488 g/mol. The van der Waals surface area contributed by atoms with Gasteiger partial charge >= 0.3 is 11.9 Å². The smallest absolute Gasteiger partial charge is 0.355 e. The Balaban J connectivity index is 2.56. The summed E-state index contributed by atoms with van der Waals surface area (Å²) in [7, 11) is 1.83. The standard InChI is InChI=1S/C22H15F3N4O6/c1-34-21(30)15-14(10-6-4-3-5-7-10)11(9-26)20(27)28(19(15)22(31)35-2)18-13(29(32)33)8-12(23)16(24)17(18)25/h3-8,14H,27H2,1-2H3. The molecule has 1 heterocycles. The van der Waals surface area contributed by atoms with Gasteiger partial charge in [-0.2, -0.15) is 5.26 Å². The SMILES string of the molecule is COC(=O)C1=C(C(=O)OC)N(c2c([N+](=O)[O-])cc(F)c(F)c2F)C(N)=C(C#N)C1c1ccccc1. The Morgan fingerprint density at radius 3 is 2.23 bits per heavy atom. The number of esters is 2. The Kier molecular flexibility index (Phi) is 6.76. The van der Waals surface area contributed by atoms with Gasteiger partial charge in [-0.3, -0.25) is 15.0 Å². The molecule has 0 spiro atoms. The first-order valence-corrected chi connectivity index (χ1v) is 9.58. The second kappa shape index (κ2) is 9.56. The lowest BCUT2D eigenvalue weighted by atomic mass is 9.81. The number of allylic oxidation sites excluding steroid dienone is 1. The fourth-order valence-electron chi connectivity index (χ4n) is 3.67. The van der Waals surface area contributed by atoms with Gasteiger partial charge < -0.3 is 15.2 Å². The molecule has 2 aromatic carbocycles. The maximum atomic E-state index is 15.0. The van der Waals surface area contributed by atoms with Gasteiger partial charge in [-0.25, -0.2) is 22.8 Å². The first-order valence-electron chi connectivity index (χ1n) is 9.58. The van der Waals surface area contributed by atoms with Gasteiger partial charge in [0, 0.05) is 0 Å². The predicted octanol–water partition coefficient (Wildman–Crippen LogP) is 2.91. The number of carbonyl (C=O) groups excluding carboxylic acids is 2. The van der Waals surface area contributed by atoms with Gasteiger partial charge in [0.05, 0.1) is 48.3 Å². The first-order chi connectivity index (χ1) is 16.6. The molecule has 1 atom stereocenters. The molecule has 0 saturated carbocycles. The molecule has 0 aromatic heterocycles. The number of hydrogen-bond donors (Lipinski definition) is 1. The fraction of sp³-hybridized carbons (Fsp3) is 0.136. The number of nitrogens with zero attached hydrogens (tertiary/aromatic N) is 3. The number of methoxy groups -OCH3 is 2. The van der Waals surface area contributed by atoms with Crippen molar-refractivity contribution in [3.63, 3.8) is 0 Å². The third kappa shape index (κ3) is 4.01. The summed E-state index contributed by atoms with van der Waals surface area (Å²) in [5.74, 6) is -10.8. The molecule has 180 valence electrons. The molecule has 13 heteroatoms. The van der Waals surface area contributed by atoms with Crippen molar-refractivity contribution in [1.82, 2.24) is 0 Å². The second-order valence-corrected chi connectivity index (χ2v) is 6.95. The lowest BCUT2D eigenvalue weighted by molar-refractivity contribution is -0.384. The highest BCUT2D eigenvalue weighted by Crippen LogP contribution is 2.46. The van der Waals surface area contributed by atoms with E-state index in [1.807, 2.05) is 0 Å². The van der Waals surface area contributed by atoms with Crippen LogP contribution in [0.4, 0.5) is 24.5 Å². The maximum absolute atomic E-state index is 15.0. The van der Waals surface area contributed by atoms with Crippen LogP contribution < -0.4 is 10.6 Å². The number of halogens is 3. The second-order valence-electron chi connectivity index (χ2n) is 6.95. The van der Waals surface area contributed by atoms with Crippen molar-refractivity contribution in [1.29, 1.82) is 5.26 Å². The zero-order valence-corrected chi connectivity index (χ0v) is 18.0. The molecule has 0 amide bonds. The highest BCUT2D eigenvalue weighted by atomic mass is 19.2. The number of nitrogens with two attached hydrogens (primary N) is 1. The van der Waals surface area contributed by atoms with Crippen LogP contribution in [0.2, 0.25) is 0 Å². The predicted molar refractivity (Wildman–Crippen MR) is 113 cm³/mol. The highest BCUT2D eigenvalue weighted by molar-refractivity contribution is 6.06. The fourth-order valence-corrected chi connectivity index (χ4v) is 3.67. The summed E-state index contributed by atoms with van der Waals surface area (Å²) < 4.78 is 52.6. The number of anilines is 1. The van der Waals surface area contributed by atoms with Crippen LogP contribution in [0.3, 0.4) is 0 Å². The Morgan fingerprint density at radius 1 is 1.11 bits per heavy atom. The van der Waals surface area contributed by atoms with Crippen LogP contribution in [-0.2, 0) is 19.1 Å². The molecular weight excluding hydrogens is 473 g/mol. The molecular formula is C22H15F3N4O6. The van der Waals surface area contributed by atoms with Gasteiger partial charge in [0.25, 0.3) is 5.69 Å². The number of carbonyl (C=O) groups is 2. The number of benzene rings is 2. The number of nitro groups is 1. The number of ether oxygens (including phenoxy) is 2. The van der Waals surface area contributed by atoms with Crippen LogP contribution in [0, 0.1) is 38.9 Å². The zero-order valence-electron chi connectivity index (χ0n) is 18.0. The summed E-state index contributed by atoms with van der Waals surface area (Å²) in [5, 5.41) is 21.5. The summed E-state index contributed by atoms with van der Waals surface area (Å²) in [6, 6.07) is 9.53. The Hall–Kier alpha value is -4.86. The van der Waals surface area contributed by atoms with Crippen molar-refractivity contribution in [2.75, 3.05) is 19.1 Å². The number of nitro benzene ring substituents is 1. The molecule has 0 fully saturated rings. The Labute approximate surface area is 195 Å². The van der Waals surface area contributed by atoms with Gasteiger partial charge in [-0.05, 0) is 5.56 Å². The zero-order chi connectivity index (χ0) is 26.0. The van der Waals surface area contributed by atoms with Gasteiger partial charge in [-0.15, -0.1) is 0 Å². The van der Waals surface area contributed by atoms with Crippen LogP contribution in [0.25, 0.3) is 0 Å². The van der Waals surface area contributed by atoms with E-state index in [1.54, 1.807) is 24.3 Å². The quantitative estimate of drug-likeness (QED) is 0.290. The molecule has 2 N–H and O–H groups in total. The molecule has 0 radical (unpaired) electrons. The minimum atomic E-state index is -2.12. The van der Waals surface area contributed by atoms with E-state index >= 15 is 4.39 Å². The highest BCUT2D eigenvalue weighted by Gasteiger charge is 2.46. The van der Waals surface area contributed by atoms with Gasteiger partial charge in [-0.1, -0.05) is 30.3 Å². The van der Waals surface area contributed by atoms with Crippen LogP contribution in [-0.4, -0.2) is 31.1 Å². The van der Waals surface area contributed by atoms with E-state index in [4.69, 9.17) is 15.2 Å². The molecule has 2 aromatic rings. The average molecular weight is 488 g/mol. The van der Waals surface area contributed by atoms with Crippen LogP contribution in [0.5, 0.6) is 0 Å². The molecule has 0 bridgehead atoms. The van der Waals surface area contributed by atoms with Crippen molar-refractivity contribution in [3.05, 3.63) is 92.2 Å². The Bertz CT molecular complexity index is 1350. The van der Waals surface area contributed by atoms with Crippen molar-refractivity contribution in [3.8, 4) is 6.07 Å². The summed E-state index contributed by atoms with van der Waals surface area (Å²) >= 11 is 0. The van der Waals surface area contributed by atoms with Crippen molar-refractivity contribution < 1.29 is 37.2 Å². The van der Waals surface area contributed by atoms with E-state index < -0.39 is 74.3 Å². The van der Waals surface area contributed by atoms with Crippen LogP contribution >= 0.6 is 0 Å². The topological polar surface area (TPSA) is 149 Å². The van der Waals surface area contributed by atoms with Crippen LogP contribution in [0.1, 0.15) is 11.5 Å².